The van der Waals surface area contributed by atoms with Gasteiger partial charge in [-0.2, -0.15) is 0 Å². The van der Waals surface area contributed by atoms with E-state index in [-0.39, 0.29) is 23.6 Å². The number of urea groups is 1. The number of carbonyl (C=O) groups is 2. The molecule has 1 N–H and O–H groups in total. The summed E-state index contributed by atoms with van der Waals surface area (Å²) in [6.07, 6.45) is -0.389. The third-order valence-electron chi connectivity index (χ3n) is 3.86. The monoisotopic (exact) mass is 338 g/mol. The molecule has 1 aliphatic heterocycles. The molecule has 8 heteroatoms. The van der Waals surface area contributed by atoms with E-state index in [1.54, 1.807) is 31.9 Å². The van der Waals surface area contributed by atoms with Gasteiger partial charge in [0.05, 0.1) is 13.2 Å². The zero-order chi connectivity index (χ0) is 18.1. The minimum absolute atomic E-state index is 0.197. The van der Waals surface area contributed by atoms with Gasteiger partial charge in [-0.1, -0.05) is 25.9 Å². The van der Waals surface area contributed by atoms with E-state index < -0.39 is 6.04 Å². The molecule has 2 atom stereocenters. The highest BCUT2D eigenvalue weighted by Gasteiger charge is 2.40. The van der Waals surface area contributed by atoms with Crippen LogP contribution in [0.3, 0.4) is 0 Å². The van der Waals surface area contributed by atoms with Gasteiger partial charge in [0.25, 0.3) is 0 Å². The maximum atomic E-state index is 12.5. The van der Waals surface area contributed by atoms with Crippen LogP contribution in [-0.2, 0) is 14.9 Å². The van der Waals surface area contributed by atoms with Crippen molar-refractivity contribution in [2.75, 3.05) is 25.1 Å². The smallest absolute Gasteiger partial charge is 0.327 e. The lowest BCUT2D eigenvalue weighted by atomic mass is 9.93. The van der Waals surface area contributed by atoms with E-state index >= 15 is 0 Å². The fourth-order valence-corrected chi connectivity index (χ4v) is 2.48. The Morgan fingerprint density at radius 2 is 2.21 bits per heavy atom. The summed E-state index contributed by atoms with van der Waals surface area (Å²) < 4.78 is 10.4. The van der Waals surface area contributed by atoms with E-state index in [4.69, 9.17) is 9.26 Å². The lowest BCUT2D eigenvalue weighted by molar-refractivity contribution is -0.145. The number of carbonyl (C=O) groups excluding carboxylic acids is 2. The molecule has 0 aliphatic carbocycles. The van der Waals surface area contributed by atoms with Crippen molar-refractivity contribution in [3.8, 4) is 0 Å². The third-order valence-corrected chi connectivity index (χ3v) is 3.86. The van der Waals surface area contributed by atoms with Crippen LogP contribution in [0.5, 0.6) is 0 Å². The van der Waals surface area contributed by atoms with Gasteiger partial charge in [-0.3, -0.25) is 15.0 Å². The minimum Gasteiger partial charge on any atom is -0.465 e. The number of ether oxygens (including phenoxy) is 1. The number of hydrogen-bond donors (Lipinski definition) is 1. The van der Waals surface area contributed by atoms with Gasteiger partial charge in [-0.05, 0) is 13.8 Å². The zero-order valence-corrected chi connectivity index (χ0v) is 15.1. The molecular weight excluding hydrogens is 312 g/mol. The Balaban J connectivity index is 2.20. The van der Waals surface area contributed by atoms with Crippen LogP contribution in [0.2, 0.25) is 0 Å². The van der Waals surface area contributed by atoms with Crippen LogP contribution < -0.4 is 10.2 Å². The second-order valence-corrected chi connectivity index (χ2v) is 6.99. The molecule has 2 rings (SSSR count). The number of anilines is 1. The van der Waals surface area contributed by atoms with Crippen molar-refractivity contribution in [1.82, 2.24) is 15.4 Å². The Hall–Kier alpha value is -2.09. The maximum absolute atomic E-state index is 12.5. The number of aromatic nitrogens is 1. The molecule has 0 radical (unpaired) electrons. The van der Waals surface area contributed by atoms with Gasteiger partial charge in [-0.15, -0.1) is 0 Å². The molecule has 134 valence electrons. The highest BCUT2D eigenvalue weighted by molar-refractivity contribution is 5.94. The Bertz CT molecular complexity index is 607. The first-order valence-electron chi connectivity index (χ1n) is 8.09. The van der Waals surface area contributed by atoms with Crippen molar-refractivity contribution >= 4 is 17.8 Å². The molecule has 0 bridgehead atoms. The van der Waals surface area contributed by atoms with E-state index in [1.165, 1.54) is 4.90 Å². The summed E-state index contributed by atoms with van der Waals surface area (Å²) in [6, 6.07) is 1.03. The quantitative estimate of drug-likeness (QED) is 0.822. The number of nitrogens with zero attached hydrogens (tertiary/aromatic N) is 3. The Labute approximate surface area is 142 Å². The van der Waals surface area contributed by atoms with Crippen LogP contribution in [0.25, 0.3) is 0 Å². The molecule has 0 aromatic carbocycles. The average Bonchev–Trinajstić information content (AvgIpc) is 3.05. The number of nitrogens with one attached hydrogen (secondary N) is 1. The van der Waals surface area contributed by atoms with Crippen molar-refractivity contribution in [3.05, 3.63) is 11.8 Å². The lowest BCUT2D eigenvalue weighted by Gasteiger charge is -2.24. The van der Waals surface area contributed by atoms with Gasteiger partial charge in [-0.25, -0.2) is 4.79 Å². The Morgan fingerprint density at radius 1 is 1.54 bits per heavy atom. The average molecular weight is 338 g/mol. The first kappa shape index (κ1) is 18.3. The largest absolute Gasteiger partial charge is 0.465 e. The summed E-state index contributed by atoms with van der Waals surface area (Å²) in [5.41, 5.74) is -0.207. The summed E-state index contributed by atoms with van der Waals surface area (Å²) in [5, 5.41) is 7.16. The second-order valence-electron chi connectivity index (χ2n) is 6.99. The van der Waals surface area contributed by atoms with Crippen LogP contribution in [0.4, 0.5) is 10.6 Å². The van der Waals surface area contributed by atoms with Crippen LogP contribution >= 0.6 is 0 Å². The number of esters is 1. The van der Waals surface area contributed by atoms with Crippen molar-refractivity contribution in [1.29, 1.82) is 0 Å². The molecular formula is C16H26N4O4. The number of likely N-dealkylation sites (N-methyl/N-ethyl adjacent to an activating group) is 1. The standard InChI is InChI=1S/C16H26N4O4/c1-7-23-14(21)10(2)17-13-9-19(6)15(22)20(13)12-8-11(24-18-12)16(3,4)5/h8,10,13,17H,7,9H2,1-6H3. The molecule has 2 unspecified atom stereocenters. The molecule has 24 heavy (non-hydrogen) atoms. The number of amides is 2. The van der Waals surface area contributed by atoms with Crippen molar-refractivity contribution in [2.45, 2.75) is 52.2 Å². The summed E-state index contributed by atoms with van der Waals surface area (Å²) >= 11 is 0. The molecule has 2 amide bonds. The van der Waals surface area contributed by atoms with Crippen LogP contribution in [0.15, 0.2) is 10.6 Å². The molecule has 1 aromatic rings. The van der Waals surface area contributed by atoms with Crippen molar-refractivity contribution in [2.24, 2.45) is 0 Å². The van der Waals surface area contributed by atoms with Gasteiger partial charge in [0.15, 0.2) is 5.82 Å². The van der Waals surface area contributed by atoms with E-state index in [1.807, 2.05) is 20.8 Å². The highest BCUT2D eigenvalue weighted by atomic mass is 16.5. The van der Waals surface area contributed by atoms with Gasteiger partial charge < -0.3 is 14.2 Å². The molecule has 2 heterocycles. The SMILES string of the molecule is CCOC(=O)C(C)NC1CN(C)C(=O)N1c1cc(C(C)(C)C)on1. The van der Waals surface area contributed by atoms with E-state index in [2.05, 4.69) is 10.5 Å². The van der Waals surface area contributed by atoms with Crippen LogP contribution in [0, 0.1) is 0 Å². The zero-order valence-electron chi connectivity index (χ0n) is 15.1. The van der Waals surface area contributed by atoms with Crippen LogP contribution in [-0.4, -0.2) is 54.5 Å². The lowest BCUT2D eigenvalue weighted by Crippen LogP contribution is -2.51. The minimum atomic E-state index is -0.536. The Morgan fingerprint density at radius 3 is 2.75 bits per heavy atom. The number of hydrogen-bond acceptors (Lipinski definition) is 6. The normalized spacial score (nSPS) is 19.8. The van der Waals surface area contributed by atoms with Gasteiger partial charge >= 0.3 is 12.0 Å². The van der Waals surface area contributed by atoms with Gasteiger partial charge in [0.2, 0.25) is 0 Å². The summed E-state index contributed by atoms with van der Waals surface area (Å²) in [6.45, 7) is 10.2. The molecule has 0 spiro atoms. The van der Waals surface area contributed by atoms with Crippen molar-refractivity contribution in [3.63, 3.8) is 0 Å². The fraction of sp³-hybridized carbons (Fsp3) is 0.688. The van der Waals surface area contributed by atoms with Crippen LogP contribution in [0.1, 0.15) is 40.4 Å². The number of rotatable bonds is 5. The summed E-state index contributed by atoms with van der Waals surface area (Å²) in [4.78, 5) is 27.4. The summed E-state index contributed by atoms with van der Waals surface area (Å²) in [7, 11) is 1.71. The molecule has 1 fully saturated rings. The highest BCUT2D eigenvalue weighted by Crippen LogP contribution is 2.29. The molecule has 1 saturated heterocycles. The van der Waals surface area contributed by atoms with E-state index in [0.717, 1.165) is 0 Å². The molecule has 1 aromatic heterocycles. The first-order valence-corrected chi connectivity index (χ1v) is 8.09. The summed E-state index contributed by atoms with van der Waals surface area (Å²) in [5.74, 6) is 0.773. The van der Waals surface area contributed by atoms with Gasteiger partial charge in [0, 0.05) is 18.5 Å². The predicted octanol–water partition coefficient (Wildman–Crippen LogP) is 1.71. The third kappa shape index (κ3) is 3.69. The molecule has 8 nitrogen and oxygen atoms in total. The fourth-order valence-electron chi connectivity index (χ4n) is 2.48. The van der Waals surface area contributed by atoms with E-state index in [0.29, 0.717) is 24.7 Å². The molecule has 0 saturated carbocycles. The maximum Gasteiger partial charge on any atom is 0.327 e. The topological polar surface area (TPSA) is 87.9 Å². The predicted molar refractivity (Wildman–Crippen MR) is 88.7 cm³/mol. The Kier molecular flexibility index (Phi) is 5.17. The van der Waals surface area contributed by atoms with Gasteiger partial charge in [0.1, 0.15) is 18.0 Å². The second kappa shape index (κ2) is 6.80. The van der Waals surface area contributed by atoms with E-state index in [9.17, 15) is 9.59 Å². The van der Waals surface area contributed by atoms with Crippen molar-refractivity contribution < 1.29 is 18.8 Å². The first-order chi connectivity index (χ1) is 11.1. The molecule has 1 aliphatic rings.